The first-order chi connectivity index (χ1) is 39.9. The summed E-state index contributed by atoms with van der Waals surface area (Å²) in [5.41, 5.74) is 8.45. The van der Waals surface area contributed by atoms with E-state index in [-0.39, 0.29) is 48.1 Å². The van der Waals surface area contributed by atoms with Crippen LogP contribution >= 0.6 is 0 Å². The molecule has 3 aromatic rings. The van der Waals surface area contributed by atoms with Gasteiger partial charge in [0.05, 0.1) is 54.7 Å². The second kappa shape index (κ2) is 22.3. The van der Waals surface area contributed by atoms with Crippen LogP contribution in [0.3, 0.4) is 0 Å². The van der Waals surface area contributed by atoms with Gasteiger partial charge in [0.25, 0.3) is 5.91 Å². The van der Waals surface area contributed by atoms with Crippen LogP contribution in [0.5, 0.6) is 0 Å². The van der Waals surface area contributed by atoms with Crippen molar-refractivity contribution in [2.75, 3.05) is 109 Å². The summed E-state index contributed by atoms with van der Waals surface area (Å²) in [7, 11) is 3.78. The highest BCUT2D eigenvalue weighted by atomic mass is 16.5. The third-order valence-corrected chi connectivity index (χ3v) is 20.8. The molecule has 3 saturated carbocycles. The molecule has 3 aliphatic carbocycles. The number of cyclic esters (lactones) is 1. The van der Waals surface area contributed by atoms with Gasteiger partial charge < -0.3 is 38.8 Å². The van der Waals surface area contributed by atoms with Gasteiger partial charge in [-0.15, -0.1) is 0 Å². The Morgan fingerprint density at radius 2 is 1.72 bits per heavy atom. The Morgan fingerprint density at radius 3 is 2.47 bits per heavy atom. The number of likely N-dealkylation sites (N-methyl/N-ethyl adjacent to an activating group) is 1. The van der Waals surface area contributed by atoms with E-state index in [1.807, 2.05) is 23.8 Å². The van der Waals surface area contributed by atoms with Crippen molar-refractivity contribution in [1.29, 1.82) is 0 Å². The zero-order chi connectivity index (χ0) is 57.7. The molecule has 1 aromatic carbocycles. The van der Waals surface area contributed by atoms with Crippen molar-refractivity contribution in [3.8, 4) is 11.3 Å². The lowest BCUT2D eigenvalue weighted by molar-refractivity contribution is -0.156. The molecule has 9 atom stereocenters. The Hall–Kier alpha value is -4.85. The van der Waals surface area contributed by atoms with Crippen LogP contribution in [0.15, 0.2) is 30.5 Å². The second-order valence-corrected chi connectivity index (χ2v) is 27.0. The minimum Gasteiger partial charge on any atom is -0.464 e. The summed E-state index contributed by atoms with van der Waals surface area (Å²) in [4.78, 5) is 78.1. The number of anilines is 2. The van der Waals surface area contributed by atoms with E-state index in [9.17, 15) is 12.3 Å². The van der Waals surface area contributed by atoms with E-state index >= 15 is 9.59 Å². The van der Waals surface area contributed by atoms with Gasteiger partial charge >= 0.3 is 5.97 Å². The lowest BCUT2D eigenvalue weighted by atomic mass is 9.84. The van der Waals surface area contributed by atoms with E-state index in [4.69, 9.17) is 19.2 Å². The summed E-state index contributed by atoms with van der Waals surface area (Å²) in [5.74, 6) is 0.211. The Kier molecular flexibility index (Phi) is 14.6. The van der Waals surface area contributed by atoms with Crippen molar-refractivity contribution in [1.82, 2.24) is 44.9 Å². The molecule has 81 heavy (non-hydrogen) atoms. The van der Waals surface area contributed by atoms with Gasteiger partial charge in [-0.2, -0.15) is 0 Å². The molecule has 1 unspecified atom stereocenters. The predicted octanol–water partition coefficient (Wildman–Crippen LogP) is 5.99. The molecule has 7 aliphatic heterocycles. The standard InChI is InChI=1S/C63H91N11O7/c1-7-73-52-19-18-44-31-47(52)49(56(73)48-32-45(35-64-53(48)40(2)79-6)69-27-25-68(26-28-69)43-16-17-43)34-62(3,4)39-81-61(78)50-13-10-22-74(66-50)59(76)51(33-46-36-70(44)29-30-80-46)65-58(75)55(41-11-8-9-12-41)71-23-20-63(37-71)21-24-72(38-63)60(77)57-54(67(57)5)42-14-15-42/h18-19,31-32,35,40-43,46,50-51,54-55,57,66H,7-17,20-30,33-34,36-39H2,1-6H3,(H,65,75)/t40-,46-,50-,51-,54+,55-,57+,63-,67?/m0/s1/i7D2. The van der Waals surface area contributed by atoms with Gasteiger partial charge in [0, 0.05) is 133 Å². The average molecular weight is 1120 g/mol. The summed E-state index contributed by atoms with van der Waals surface area (Å²) in [6, 6.07) is 7.45. The number of pyridine rings is 1. The first-order valence-electron chi connectivity index (χ1n) is 32.2. The highest BCUT2D eigenvalue weighted by Gasteiger charge is 2.59. The van der Waals surface area contributed by atoms with E-state index in [1.54, 1.807) is 19.0 Å². The second-order valence-electron chi connectivity index (χ2n) is 27.0. The normalized spacial score (nSPS) is 32.0. The number of carbonyl (C=O) groups excluding carboxylic acids is 4. The number of piperazine rings is 1. The molecule has 2 N–H and O–H groups in total. The number of esters is 1. The van der Waals surface area contributed by atoms with Gasteiger partial charge in [-0.3, -0.25) is 43.9 Å². The number of ether oxygens (including phenoxy) is 3. The number of aryl methyl sites for hydroxylation is 1. The minimum atomic E-state index is -1.86. The fourth-order valence-electron chi connectivity index (χ4n) is 15.8. The summed E-state index contributed by atoms with van der Waals surface area (Å²) < 4.78 is 40.0. The largest absolute Gasteiger partial charge is 0.464 e. The monoisotopic (exact) mass is 1120 g/mol. The minimum absolute atomic E-state index is 0.0110. The van der Waals surface area contributed by atoms with Gasteiger partial charge in [-0.1, -0.05) is 26.7 Å². The highest BCUT2D eigenvalue weighted by molar-refractivity contribution is 5.95. The number of amides is 3. The lowest BCUT2D eigenvalue weighted by Crippen LogP contribution is -2.62. The van der Waals surface area contributed by atoms with Gasteiger partial charge in [0.2, 0.25) is 11.8 Å². The van der Waals surface area contributed by atoms with E-state index in [0.29, 0.717) is 63.5 Å². The number of fused-ring (bicyclic) bond motifs is 6. The average Bonchev–Trinajstić information content (AvgIpc) is 4.14. The Labute approximate surface area is 482 Å². The maximum absolute atomic E-state index is 15.4. The maximum atomic E-state index is 15.4. The zero-order valence-electron chi connectivity index (χ0n) is 51.1. The molecule has 3 amide bonds. The van der Waals surface area contributed by atoms with E-state index in [0.717, 1.165) is 136 Å². The van der Waals surface area contributed by atoms with E-state index in [1.165, 1.54) is 25.7 Å². The SMILES string of the molecule is [2H]C([2H])(C)n1c(-c2cc(N3CCN(C4CC4)CC3)cnc2[C@H](C)OC)c2c3cc(ccc31)N1CCO[C@@H](C[C@H](NC(=O)[C@H](C3CCCC3)N3CC[C@]4(CCN(C(=O)[C@H]5[C@@H](C6CC6)N5C)C4)C3)C(=O)N3CCC[C@H](N3)C(=O)OCC(C)(C)C2)C1. The highest BCUT2D eigenvalue weighted by Crippen LogP contribution is 2.49. The number of hydrogen-bond donors (Lipinski definition) is 2. The van der Waals surface area contributed by atoms with Crippen molar-refractivity contribution in [3.05, 3.63) is 41.7 Å². The molecule has 18 nitrogen and oxygen atoms in total. The fourth-order valence-corrected chi connectivity index (χ4v) is 15.8. The number of benzene rings is 1. The van der Waals surface area contributed by atoms with Crippen LogP contribution in [0.2, 0.25) is 0 Å². The number of hydrogen-bond acceptors (Lipinski definition) is 14. The molecule has 440 valence electrons. The molecule has 9 fully saturated rings. The zero-order valence-corrected chi connectivity index (χ0v) is 49.1. The number of likely N-dealkylation sites (tertiary alicyclic amines) is 2. The molecule has 10 aliphatic rings. The third-order valence-electron chi connectivity index (χ3n) is 20.8. The van der Waals surface area contributed by atoms with Crippen LogP contribution < -0.4 is 20.5 Å². The number of rotatable bonds is 12. The van der Waals surface area contributed by atoms with Crippen molar-refractivity contribution < 1.29 is 36.1 Å². The smallest absolute Gasteiger partial charge is 0.324 e. The van der Waals surface area contributed by atoms with Gasteiger partial charge in [0.1, 0.15) is 18.1 Å². The van der Waals surface area contributed by atoms with E-state index < -0.39 is 48.2 Å². The van der Waals surface area contributed by atoms with Crippen LogP contribution in [0.4, 0.5) is 11.4 Å². The number of morpholine rings is 1. The number of carbonyl (C=O) groups is 4. The molecule has 0 radical (unpaired) electrons. The topological polar surface area (TPSA) is 160 Å². The number of aromatic nitrogens is 2. The van der Waals surface area contributed by atoms with Crippen molar-refractivity contribution in [2.45, 2.75) is 173 Å². The molecular formula is C63H91N11O7. The van der Waals surface area contributed by atoms with Crippen molar-refractivity contribution in [2.24, 2.45) is 22.7 Å². The third kappa shape index (κ3) is 11.0. The molecule has 18 heteroatoms. The Morgan fingerprint density at radius 1 is 0.926 bits per heavy atom. The quantitative estimate of drug-likeness (QED) is 0.161. The molecule has 1 spiro atoms. The first-order valence-corrected chi connectivity index (χ1v) is 31.2. The van der Waals surface area contributed by atoms with E-state index in [2.05, 4.69) is 79.2 Å². The molecule has 9 heterocycles. The van der Waals surface area contributed by atoms with Crippen LogP contribution in [0, 0.1) is 22.7 Å². The van der Waals surface area contributed by atoms with Crippen LogP contribution in [-0.2, 0) is 46.3 Å². The maximum Gasteiger partial charge on any atom is 0.324 e. The number of nitrogens with zero attached hydrogens (tertiary/aromatic N) is 9. The van der Waals surface area contributed by atoms with Gasteiger partial charge in [-0.05, 0) is 140 Å². The number of methoxy groups -OCH3 is 1. The van der Waals surface area contributed by atoms with Crippen LogP contribution in [0.25, 0.3) is 22.2 Å². The fraction of sp³-hybridized carbons (Fsp3) is 0.730. The first kappa shape index (κ1) is 52.9. The number of nitrogens with one attached hydrogen (secondary N) is 2. The van der Waals surface area contributed by atoms with Gasteiger partial charge in [0.15, 0.2) is 0 Å². The molecule has 2 aromatic heterocycles. The molecule has 6 saturated heterocycles. The van der Waals surface area contributed by atoms with Crippen molar-refractivity contribution in [3.63, 3.8) is 0 Å². The molecule has 13 rings (SSSR count). The van der Waals surface area contributed by atoms with Crippen LogP contribution in [0.1, 0.15) is 131 Å². The molecular weight excluding hydrogens is 1020 g/mol. The molecule has 6 bridgehead atoms. The van der Waals surface area contributed by atoms with Crippen LogP contribution in [-0.4, -0.2) is 200 Å². The summed E-state index contributed by atoms with van der Waals surface area (Å²) in [5, 5.41) is 5.82. The number of hydrazine groups is 1. The lowest BCUT2D eigenvalue weighted by Gasteiger charge is -2.39. The van der Waals surface area contributed by atoms with Gasteiger partial charge in [-0.25, -0.2) is 5.43 Å². The summed E-state index contributed by atoms with van der Waals surface area (Å²) in [6.07, 6.45) is 13.7. The summed E-state index contributed by atoms with van der Waals surface area (Å²) >= 11 is 0. The summed E-state index contributed by atoms with van der Waals surface area (Å²) in [6.45, 7) is 14.6. The Bertz CT molecular complexity index is 2950. The Balaban J connectivity index is 0.821. The predicted molar refractivity (Wildman–Crippen MR) is 312 cm³/mol. The van der Waals surface area contributed by atoms with Crippen molar-refractivity contribution >= 4 is 46.0 Å².